The van der Waals surface area contributed by atoms with E-state index < -0.39 is 4.92 Å². The molecule has 0 aliphatic heterocycles. The first-order chi connectivity index (χ1) is 12.5. The van der Waals surface area contributed by atoms with E-state index in [1.54, 1.807) is 12.3 Å². The third-order valence-corrected chi connectivity index (χ3v) is 4.01. The summed E-state index contributed by atoms with van der Waals surface area (Å²) in [5.74, 6) is 1.51. The molecule has 130 valence electrons. The zero-order valence-electron chi connectivity index (χ0n) is 13.9. The van der Waals surface area contributed by atoms with Gasteiger partial charge in [-0.15, -0.1) is 0 Å². The third kappa shape index (κ3) is 4.26. The van der Waals surface area contributed by atoms with Gasteiger partial charge in [0.2, 0.25) is 0 Å². The molecular weight excluding hydrogens is 352 g/mol. The van der Waals surface area contributed by atoms with Gasteiger partial charge in [-0.3, -0.25) is 15.1 Å². The maximum atomic E-state index is 10.9. The summed E-state index contributed by atoms with van der Waals surface area (Å²) in [5, 5.41) is 11.0. The largest absolute Gasteiger partial charge is 0.457 e. The lowest BCUT2D eigenvalue weighted by molar-refractivity contribution is -0.384. The Balaban J connectivity index is 1.73. The number of para-hydroxylation sites is 1. The standard InChI is InChI=1S/C20H15ClN2O3/c1-14-4-2-3-5-20(14)26-17-9-7-16(8-10-17)22-13-15-6-11-18(21)19(12-15)23(24)25/h2-13H,1H3. The molecule has 0 N–H and O–H groups in total. The van der Waals surface area contributed by atoms with Crippen LogP contribution in [0, 0.1) is 17.0 Å². The normalized spacial score (nSPS) is 10.8. The molecule has 3 rings (SSSR count). The van der Waals surface area contributed by atoms with Gasteiger partial charge in [-0.1, -0.05) is 35.9 Å². The Hall–Kier alpha value is -3.18. The molecule has 0 heterocycles. The molecule has 0 spiro atoms. The summed E-state index contributed by atoms with van der Waals surface area (Å²) in [7, 11) is 0. The van der Waals surface area contributed by atoms with Gasteiger partial charge in [0.05, 0.1) is 10.6 Å². The van der Waals surface area contributed by atoms with E-state index in [0.717, 1.165) is 11.3 Å². The quantitative estimate of drug-likeness (QED) is 0.311. The topological polar surface area (TPSA) is 64.7 Å². The Bertz CT molecular complexity index is 969. The second-order valence-electron chi connectivity index (χ2n) is 5.59. The highest BCUT2D eigenvalue weighted by Gasteiger charge is 2.11. The van der Waals surface area contributed by atoms with E-state index in [9.17, 15) is 10.1 Å². The van der Waals surface area contributed by atoms with Crippen LogP contribution < -0.4 is 4.74 Å². The minimum Gasteiger partial charge on any atom is -0.457 e. The van der Waals surface area contributed by atoms with E-state index >= 15 is 0 Å². The molecule has 5 nitrogen and oxygen atoms in total. The van der Waals surface area contributed by atoms with Crippen molar-refractivity contribution in [2.24, 2.45) is 4.99 Å². The van der Waals surface area contributed by atoms with Crippen LogP contribution in [0.4, 0.5) is 11.4 Å². The van der Waals surface area contributed by atoms with Crippen LogP contribution in [0.25, 0.3) is 0 Å². The van der Waals surface area contributed by atoms with E-state index in [0.29, 0.717) is 17.0 Å². The SMILES string of the molecule is Cc1ccccc1Oc1ccc(N=Cc2ccc(Cl)c([N+](=O)[O-])c2)cc1. The molecule has 6 heteroatoms. The van der Waals surface area contributed by atoms with Crippen LogP contribution in [0.15, 0.2) is 71.7 Å². The second kappa shape index (κ2) is 7.80. The first-order valence-corrected chi connectivity index (χ1v) is 8.22. The fourth-order valence-corrected chi connectivity index (χ4v) is 2.48. The van der Waals surface area contributed by atoms with Crippen LogP contribution in [0.3, 0.4) is 0 Å². The van der Waals surface area contributed by atoms with Crippen LogP contribution in [0.5, 0.6) is 11.5 Å². The highest BCUT2D eigenvalue weighted by Crippen LogP contribution is 2.27. The van der Waals surface area contributed by atoms with Crippen molar-refractivity contribution in [2.45, 2.75) is 6.92 Å². The van der Waals surface area contributed by atoms with Gasteiger partial charge in [0.1, 0.15) is 16.5 Å². The Morgan fingerprint density at radius 3 is 2.50 bits per heavy atom. The van der Waals surface area contributed by atoms with E-state index in [1.807, 2.05) is 55.5 Å². The molecule has 0 saturated heterocycles. The molecule has 0 aromatic heterocycles. The Kier molecular flexibility index (Phi) is 5.29. The summed E-state index contributed by atoms with van der Waals surface area (Å²) in [4.78, 5) is 14.7. The second-order valence-corrected chi connectivity index (χ2v) is 5.99. The third-order valence-electron chi connectivity index (χ3n) is 3.69. The van der Waals surface area contributed by atoms with Crippen molar-refractivity contribution in [3.63, 3.8) is 0 Å². The predicted octanol–water partition coefficient (Wildman–Crippen LogP) is 6.10. The van der Waals surface area contributed by atoms with Crippen LogP contribution in [-0.4, -0.2) is 11.1 Å². The molecule has 3 aromatic rings. The zero-order chi connectivity index (χ0) is 18.5. The summed E-state index contributed by atoms with van der Waals surface area (Å²) < 4.78 is 5.84. The maximum Gasteiger partial charge on any atom is 0.288 e. The molecule has 0 fully saturated rings. The van der Waals surface area contributed by atoms with Gasteiger partial charge in [0.15, 0.2) is 0 Å². The lowest BCUT2D eigenvalue weighted by atomic mass is 10.2. The Labute approximate surface area is 155 Å². The highest BCUT2D eigenvalue weighted by molar-refractivity contribution is 6.32. The van der Waals surface area contributed by atoms with E-state index in [-0.39, 0.29) is 10.7 Å². The molecule has 0 saturated carbocycles. The minimum absolute atomic E-state index is 0.102. The average Bonchev–Trinajstić information content (AvgIpc) is 2.64. The van der Waals surface area contributed by atoms with Gasteiger partial charge in [-0.05, 0) is 54.4 Å². The lowest BCUT2D eigenvalue weighted by Crippen LogP contribution is -1.91. The number of hydrogen-bond donors (Lipinski definition) is 0. The minimum atomic E-state index is -0.516. The van der Waals surface area contributed by atoms with E-state index in [1.165, 1.54) is 12.1 Å². The summed E-state index contributed by atoms with van der Waals surface area (Å²) in [6.07, 6.45) is 1.56. The highest BCUT2D eigenvalue weighted by atomic mass is 35.5. The number of halogens is 1. The predicted molar refractivity (Wildman–Crippen MR) is 103 cm³/mol. The maximum absolute atomic E-state index is 10.9. The summed E-state index contributed by atoms with van der Waals surface area (Å²) in [6.45, 7) is 1.99. The number of ether oxygens (including phenoxy) is 1. The number of rotatable bonds is 5. The van der Waals surface area contributed by atoms with Gasteiger partial charge in [0.25, 0.3) is 5.69 Å². The molecule has 0 radical (unpaired) electrons. The zero-order valence-corrected chi connectivity index (χ0v) is 14.7. The number of hydrogen-bond acceptors (Lipinski definition) is 4. The van der Waals surface area contributed by atoms with Crippen molar-refractivity contribution in [1.82, 2.24) is 0 Å². The Morgan fingerprint density at radius 2 is 1.81 bits per heavy atom. The van der Waals surface area contributed by atoms with Gasteiger partial charge < -0.3 is 4.74 Å². The summed E-state index contributed by atoms with van der Waals surface area (Å²) in [6, 6.07) is 19.6. The summed E-state index contributed by atoms with van der Waals surface area (Å²) >= 11 is 5.80. The molecule has 3 aromatic carbocycles. The van der Waals surface area contributed by atoms with Gasteiger partial charge in [0, 0.05) is 12.3 Å². The van der Waals surface area contributed by atoms with Gasteiger partial charge in [-0.2, -0.15) is 0 Å². The van der Waals surface area contributed by atoms with Crippen LogP contribution >= 0.6 is 11.6 Å². The number of aryl methyl sites for hydroxylation is 1. The van der Waals surface area contributed by atoms with Crippen molar-refractivity contribution < 1.29 is 9.66 Å². The number of nitro benzene ring substituents is 1. The number of benzene rings is 3. The molecule has 0 atom stereocenters. The fourth-order valence-electron chi connectivity index (χ4n) is 2.30. The average molecular weight is 367 g/mol. The molecule has 0 amide bonds. The van der Waals surface area contributed by atoms with Gasteiger partial charge >= 0.3 is 0 Å². The molecule has 0 aliphatic carbocycles. The van der Waals surface area contributed by atoms with Crippen LogP contribution in [0.1, 0.15) is 11.1 Å². The van der Waals surface area contributed by atoms with Crippen molar-refractivity contribution in [2.75, 3.05) is 0 Å². The smallest absolute Gasteiger partial charge is 0.288 e. The molecule has 0 bridgehead atoms. The van der Waals surface area contributed by atoms with Crippen molar-refractivity contribution in [1.29, 1.82) is 0 Å². The molecule has 26 heavy (non-hydrogen) atoms. The van der Waals surface area contributed by atoms with Crippen molar-refractivity contribution in [3.05, 3.63) is 93.0 Å². The number of nitrogens with zero attached hydrogens (tertiary/aromatic N) is 2. The monoisotopic (exact) mass is 366 g/mol. The Morgan fingerprint density at radius 1 is 1.08 bits per heavy atom. The first kappa shape index (κ1) is 17.6. The van der Waals surface area contributed by atoms with Gasteiger partial charge in [-0.25, -0.2) is 0 Å². The molecule has 0 aliphatic rings. The summed E-state index contributed by atoms with van der Waals surface area (Å²) in [5.41, 5.74) is 2.22. The number of nitro groups is 1. The fraction of sp³-hybridized carbons (Fsp3) is 0.0500. The van der Waals surface area contributed by atoms with Crippen molar-refractivity contribution >= 4 is 29.2 Å². The van der Waals surface area contributed by atoms with E-state index in [2.05, 4.69) is 4.99 Å². The van der Waals surface area contributed by atoms with E-state index in [4.69, 9.17) is 16.3 Å². The number of aliphatic imine (C=N–C) groups is 1. The van der Waals surface area contributed by atoms with Crippen LogP contribution in [0.2, 0.25) is 5.02 Å². The first-order valence-electron chi connectivity index (χ1n) is 7.84. The lowest BCUT2D eigenvalue weighted by Gasteiger charge is -2.08. The molecular formula is C20H15ClN2O3. The van der Waals surface area contributed by atoms with Crippen LogP contribution in [-0.2, 0) is 0 Å². The molecule has 0 unspecified atom stereocenters. The van der Waals surface area contributed by atoms with Crippen molar-refractivity contribution in [3.8, 4) is 11.5 Å².